The largest absolute Gasteiger partial charge is 0.375 e. The van der Waals surface area contributed by atoms with Gasteiger partial charge in [-0.1, -0.05) is 5.16 Å². The summed E-state index contributed by atoms with van der Waals surface area (Å²) in [7, 11) is 1.92. The summed E-state index contributed by atoms with van der Waals surface area (Å²) in [6.45, 7) is 2.68. The van der Waals surface area contributed by atoms with Crippen molar-refractivity contribution < 1.29 is 4.52 Å². The second-order valence-electron chi connectivity index (χ2n) is 4.62. The van der Waals surface area contributed by atoms with E-state index in [2.05, 4.69) is 15.6 Å². The summed E-state index contributed by atoms with van der Waals surface area (Å²) in [6, 6.07) is 2.01. The van der Waals surface area contributed by atoms with Crippen molar-refractivity contribution in [3.63, 3.8) is 0 Å². The van der Waals surface area contributed by atoms with Crippen LogP contribution in [0.25, 0.3) is 0 Å². The lowest BCUT2D eigenvalue weighted by atomic mass is 10.2. The first-order valence-corrected chi connectivity index (χ1v) is 5.92. The van der Waals surface area contributed by atoms with E-state index in [4.69, 9.17) is 4.52 Å². The van der Waals surface area contributed by atoms with Crippen LogP contribution in [0.3, 0.4) is 0 Å². The van der Waals surface area contributed by atoms with Gasteiger partial charge in [0.05, 0.1) is 12.2 Å². The van der Waals surface area contributed by atoms with Gasteiger partial charge in [0, 0.05) is 19.2 Å². The molecule has 5 nitrogen and oxygen atoms in total. The van der Waals surface area contributed by atoms with Gasteiger partial charge in [0.1, 0.15) is 11.4 Å². The topological polar surface area (TPSA) is 55.9 Å². The van der Waals surface area contributed by atoms with Crippen LogP contribution < -0.4 is 5.32 Å². The fourth-order valence-corrected chi connectivity index (χ4v) is 1.96. The average molecular weight is 232 g/mol. The lowest BCUT2D eigenvalue weighted by Crippen LogP contribution is -2.03. The van der Waals surface area contributed by atoms with Crippen molar-refractivity contribution in [2.45, 2.75) is 32.2 Å². The maximum atomic E-state index is 5.37. The van der Waals surface area contributed by atoms with Gasteiger partial charge in [0.15, 0.2) is 5.76 Å². The molecule has 0 unspecified atom stereocenters. The second kappa shape index (κ2) is 3.91. The normalized spacial score (nSPS) is 15.2. The van der Waals surface area contributed by atoms with Crippen LogP contribution in [0.4, 0.5) is 5.69 Å². The lowest BCUT2D eigenvalue weighted by molar-refractivity contribution is 0.381. The summed E-state index contributed by atoms with van der Waals surface area (Å²) in [5.41, 5.74) is 3.01. The Hall–Kier alpha value is -1.78. The summed E-state index contributed by atoms with van der Waals surface area (Å²) >= 11 is 0. The molecule has 0 amide bonds. The number of anilines is 1. The van der Waals surface area contributed by atoms with E-state index in [0.717, 1.165) is 22.8 Å². The van der Waals surface area contributed by atoms with Gasteiger partial charge in [-0.2, -0.15) is 5.10 Å². The summed E-state index contributed by atoms with van der Waals surface area (Å²) in [4.78, 5) is 0. The van der Waals surface area contributed by atoms with Gasteiger partial charge in [0.25, 0.3) is 0 Å². The summed E-state index contributed by atoms with van der Waals surface area (Å²) < 4.78 is 7.18. The average Bonchev–Trinajstić information content (AvgIpc) is 2.97. The van der Waals surface area contributed by atoms with Crippen LogP contribution in [-0.2, 0) is 13.6 Å². The van der Waals surface area contributed by atoms with Crippen LogP contribution in [-0.4, -0.2) is 14.9 Å². The molecule has 0 aliphatic heterocycles. The third-order valence-corrected chi connectivity index (χ3v) is 3.05. The highest BCUT2D eigenvalue weighted by Crippen LogP contribution is 2.44. The molecule has 1 aliphatic carbocycles. The molecule has 90 valence electrons. The van der Waals surface area contributed by atoms with Gasteiger partial charge in [-0.3, -0.25) is 4.68 Å². The third-order valence-electron chi connectivity index (χ3n) is 3.05. The third kappa shape index (κ3) is 2.05. The van der Waals surface area contributed by atoms with E-state index < -0.39 is 0 Å². The van der Waals surface area contributed by atoms with Crippen molar-refractivity contribution in [2.24, 2.45) is 7.05 Å². The SMILES string of the molecule is Cc1noc(C2CC2)c1NCc1ccn(C)n1. The molecule has 5 heteroatoms. The molecule has 1 N–H and O–H groups in total. The molecule has 2 heterocycles. The van der Waals surface area contributed by atoms with Crippen LogP contribution in [0.2, 0.25) is 0 Å². The molecule has 2 aromatic heterocycles. The molecule has 0 saturated heterocycles. The van der Waals surface area contributed by atoms with E-state index in [9.17, 15) is 0 Å². The smallest absolute Gasteiger partial charge is 0.163 e. The van der Waals surface area contributed by atoms with E-state index in [1.165, 1.54) is 12.8 Å². The number of nitrogens with one attached hydrogen (secondary N) is 1. The first kappa shape index (κ1) is 10.4. The van der Waals surface area contributed by atoms with E-state index in [1.54, 1.807) is 4.68 Å². The molecule has 2 aromatic rings. The Labute approximate surface area is 99.8 Å². The van der Waals surface area contributed by atoms with Crippen LogP contribution in [0, 0.1) is 6.92 Å². The first-order chi connectivity index (χ1) is 8.24. The Morgan fingerprint density at radius 2 is 2.35 bits per heavy atom. The maximum Gasteiger partial charge on any atom is 0.163 e. The predicted octanol–water partition coefficient (Wildman–Crippen LogP) is 2.21. The Balaban J connectivity index is 1.74. The van der Waals surface area contributed by atoms with E-state index >= 15 is 0 Å². The minimum atomic E-state index is 0.572. The molecule has 0 atom stereocenters. The fourth-order valence-electron chi connectivity index (χ4n) is 1.96. The fraction of sp³-hybridized carbons (Fsp3) is 0.500. The molecule has 1 aliphatic rings. The van der Waals surface area contributed by atoms with Crippen molar-refractivity contribution in [3.8, 4) is 0 Å². The van der Waals surface area contributed by atoms with Gasteiger partial charge in [-0.05, 0) is 25.8 Å². The van der Waals surface area contributed by atoms with Crippen molar-refractivity contribution in [1.82, 2.24) is 14.9 Å². The van der Waals surface area contributed by atoms with Crippen molar-refractivity contribution >= 4 is 5.69 Å². The van der Waals surface area contributed by atoms with Gasteiger partial charge in [-0.15, -0.1) is 0 Å². The molecule has 0 bridgehead atoms. The van der Waals surface area contributed by atoms with E-state index in [0.29, 0.717) is 12.5 Å². The van der Waals surface area contributed by atoms with Crippen molar-refractivity contribution in [3.05, 3.63) is 29.4 Å². The Morgan fingerprint density at radius 1 is 1.53 bits per heavy atom. The molecular weight excluding hydrogens is 216 g/mol. The minimum Gasteiger partial charge on any atom is -0.375 e. The van der Waals surface area contributed by atoms with Gasteiger partial charge < -0.3 is 9.84 Å². The number of hydrogen-bond acceptors (Lipinski definition) is 4. The molecule has 0 spiro atoms. The number of rotatable bonds is 4. The summed E-state index contributed by atoms with van der Waals surface area (Å²) in [5.74, 6) is 1.58. The van der Waals surface area contributed by atoms with Crippen LogP contribution >= 0.6 is 0 Å². The summed E-state index contributed by atoms with van der Waals surface area (Å²) in [5, 5.41) is 11.7. The minimum absolute atomic E-state index is 0.572. The quantitative estimate of drug-likeness (QED) is 0.878. The molecule has 1 fully saturated rings. The zero-order valence-corrected chi connectivity index (χ0v) is 10.1. The molecule has 0 radical (unpaired) electrons. The highest BCUT2D eigenvalue weighted by Gasteiger charge is 2.31. The number of aryl methyl sites for hydroxylation is 2. The number of nitrogens with zero attached hydrogens (tertiary/aromatic N) is 3. The van der Waals surface area contributed by atoms with Crippen LogP contribution in [0.15, 0.2) is 16.8 Å². The van der Waals surface area contributed by atoms with Gasteiger partial charge >= 0.3 is 0 Å². The summed E-state index contributed by atoms with van der Waals surface area (Å²) in [6.07, 6.45) is 4.37. The molecule has 17 heavy (non-hydrogen) atoms. The molecule has 1 saturated carbocycles. The standard InChI is InChI=1S/C12H16N4O/c1-8-11(12(17-15-8)9-3-4-9)13-7-10-5-6-16(2)14-10/h5-6,9,13H,3-4,7H2,1-2H3. The van der Waals surface area contributed by atoms with E-state index in [1.807, 2.05) is 26.2 Å². The molecular formula is C12H16N4O. The number of hydrogen-bond donors (Lipinski definition) is 1. The van der Waals surface area contributed by atoms with E-state index in [-0.39, 0.29) is 0 Å². The highest BCUT2D eigenvalue weighted by molar-refractivity contribution is 5.53. The predicted molar refractivity (Wildman–Crippen MR) is 63.7 cm³/mol. The highest BCUT2D eigenvalue weighted by atomic mass is 16.5. The zero-order valence-electron chi connectivity index (χ0n) is 10.1. The molecule has 0 aromatic carbocycles. The van der Waals surface area contributed by atoms with Crippen LogP contribution in [0.5, 0.6) is 0 Å². The van der Waals surface area contributed by atoms with Crippen molar-refractivity contribution in [2.75, 3.05) is 5.32 Å². The van der Waals surface area contributed by atoms with Crippen molar-refractivity contribution in [1.29, 1.82) is 0 Å². The van der Waals surface area contributed by atoms with Gasteiger partial charge in [-0.25, -0.2) is 0 Å². The Bertz CT molecular complexity index is 524. The zero-order chi connectivity index (χ0) is 11.8. The number of aromatic nitrogens is 3. The molecule has 3 rings (SSSR count). The van der Waals surface area contributed by atoms with Crippen LogP contribution in [0.1, 0.15) is 35.9 Å². The lowest BCUT2D eigenvalue weighted by Gasteiger charge is -2.04. The first-order valence-electron chi connectivity index (χ1n) is 5.92. The Kier molecular flexibility index (Phi) is 2.39. The van der Waals surface area contributed by atoms with Gasteiger partial charge in [0.2, 0.25) is 0 Å². The monoisotopic (exact) mass is 232 g/mol. The second-order valence-corrected chi connectivity index (χ2v) is 4.62. The maximum absolute atomic E-state index is 5.37. The Morgan fingerprint density at radius 3 is 3.00 bits per heavy atom.